The molecule has 1 aromatic heterocycles. The number of carboxylic acids is 1. The van der Waals surface area contributed by atoms with Crippen LogP contribution in [0.2, 0.25) is 5.02 Å². The molecule has 3 N–H and O–H groups in total. The predicted octanol–water partition coefficient (Wildman–Crippen LogP) is 1.28. The van der Waals surface area contributed by atoms with Gasteiger partial charge in [-0.25, -0.2) is 0 Å². The van der Waals surface area contributed by atoms with Crippen LogP contribution in [-0.2, 0) is 24.0 Å². The molecular formula is C10H16ClN3O2S. The van der Waals surface area contributed by atoms with Crippen molar-refractivity contribution in [2.75, 3.05) is 5.75 Å². The number of hydrogen-bond donors (Lipinski definition) is 2. The molecule has 1 atom stereocenters. The maximum Gasteiger partial charge on any atom is 0.321 e. The van der Waals surface area contributed by atoms with Crippen LogP contribution in [0.25, 0.3) is 0 Å². The summed E-state index contributed by atoms with van der Waals surface area (Å²) in [5, 5.41) is 13.6. The molecule has 0 unspecified atom stereocenters. The topological polar surface area (TPSA) is 81.1 Å². The van der Waals surface area contributed by atoms with Gasteiger partial charge in [-0.3, -0.25) is 9.48 Å². The Morgan fingerprint density at radius 3 is 2.82 bits per heavy atom. The average Bonchev–Trinajstić information content (AvgIpc) is 2.55. The lowest BCUT2D eigenvalue weighted by Gasteiger charge is -2.06. The van der Waals surface area contributed by atoms with Gasteiger partial charge < -0.3 is 10.8 Å². The molecule has 1 rings (SSSR count). The number of nitrogens with zero attached hydrogens (tertiary/aromatic N) is 2. The second kappa shape index (κ2) is 6.28. The Kier molecular flexibility index (Phi) is 5.30. The molecule has 1 aromatic rings. The summed E-state index contributed by atoms with van der Waals surface area (Å²) < 4.78 is 1.74. The maximum absolute atomic E-state index is 10.5. The Labute approximate surface area is 109 Å². The third-order valence-electron chi connectivity index (χ3n) is 2.36. The molecule has 0 radical (unpaired) electrons. The van der Waals surface area contributed by atoms with Gasteiger partial charge in [-0.1, -0.05) is 18.5 Å². The number of aryl methyl sites for hydroxylation is 2. The van der Waals surface area contributed by atoms with E-state index in [1.165, 1.54) is 11.8 Å². The van der Waals surface area contributed by atoms with E-state index in [1.54, 1.807) is 4.68 Å². The molecule has 1 heterocycles. The highest BCUT2D eigenvalue weighted by atomic mass is 35.5. The zero-order valence-corrected chi connectivity index (χ0v) is 11.4. The van der Waals surface area contributed by atoms with Crippen molar-refractivity contribution in [3.63, 3.8) is 0 Å². The number of thioether (sulfide) groups is 1. The van der Waals surface area contributed by atoms with Gasteiger partial charge in [0.25, 0.3) is 0 Å². The summed E-state index contributed by atoms with van der Waals surface area (Å²) in [6.45, 7) is 1.99. The lowest BCUT2D eigenvalue weighted by atomic mass is 10.3. The van der Waals surface area contributed by atoms with Crippen LogP contribution >= 0.6 is 23.4 Å². The van der Waals surface area contributed by atoms with Gasteiger partial charge >= 0.3 is 5.97 Å². The lowest BCUT2D eigenvalue weighted by Crippen LogP contribution is -2.32. The summed E-state index contributed by atoms with van der Waals surface area (Å²) in [6, 6.07) is -0.836. The number of aromatic nitrogens is 2. The number of aliphatic carboxylic acids is 1. The molecule has 0 aliphatic rings. The van der Waals surface area contributed by atoms with Gasteiger partial charge in [0, 0.05) is 18.6 Å². The highest BCUT2D eigenvalue weighted by molar-refractivity contribution is 7.98. The van der Waals surface area contributed by atoms with Gasteiger partial charge in [0.05, 0.1) is 16.4 Å². The molecule has 96 valence electrons. The number of carbonyl (C=O) groups is 1. The highest BCUT2D eigenvalue weighted by Gasteiger charge is 2.15. The summed E-state index contributed by atoms with van der Waals surface area (Å²) >= 11 is 7.61. The number of nitrogens with two attached hydrogens (primary N) is 1. The highest BCUT2D eigenvalue weighted by Crippen LogP contribution is 2.24. The molecule has 0 saturated carbocycles. The van der Waals surface area contributed by atoms with Crippen molar-refractivity contribution in [3.05, 3.63) is 16.4 Å². The first-order valence-corrected chi connectivity index (χ1v) is 6.77. The first-order valence-electron chi connectivity index (χ1n) is 5.23. The summed E-state index contributed by atoms with van der Waals surface area (Å²) in [7, 11) is 1.83. The Morgan fingerprint density at radius 1 is 1.71 bits per heavy atom. The molecule has 0 bridgehead atoms. The minimum absolute atomic E-state index is 0.359. The molecule has 0 aliphatic heterocycles. The quantitative estimate of drug-likeness (QED) is 0.819. The Balaban J connectivity index is 2.58. The number of halogens is 1. The molecule has 0 spiro atoms. The van der Waals surface area contributed by atoms with Crippen LogP contribution in [0.3, 0.4) is 0 Å². The molecule has 0 fully saturated rings. The van der Waals surface area contributed by atoms with Crippen LogP contribution in [0.1, 0.15) is 18.3 Å². The molecule has 0 amide bonds. The van der Waals surface area contributed by atoms with Crippen LogP contribution in [0, 0.1) is 0 Å². The van der Waals surface area contributed by atoms with E-state index in [2.05, 4.69) is 5.10 Å². The van der Waals surface area contributed by atoms with Gasteiger partial charge in [-0.15, -0.1) is 0 Å². The minimum Gasteiger partial charge on any atom is -0.480 e. The Hall–Kier alpha value is -0.720. The van der Waals surface area contributed by atoms with Crippen molar-refractivity contribution in [1.82, 2.24) is 9.78 Å². The van der Waals surface area contributed by atoms with Gasteiger partial charge in [-0.2, -0.15) is 16.9 Å². The van der Waals surface area contributed by atoms with Crippen molar-refractivity contribution in [1.29, 1.82) is 0 Å². The molecule has 0 aromatic carbocycles. The first kappa shape index (κ1) is 14.3. The second-order valence-corrected chi connectivity index (χ2v) is 5.05. The molecule has 17 heavy (non-hydrogen) atoms. The fourth-order valence-corrected chi connectivity index (χ4v) is 2.81. The Bertz CT molecular complexity index is 409. The second-order valence-electron chi connectivity index (χ2n) is 3.64. The van der Waals surface area contributed by atoms with Crippen molar-refractivity contribution in [2.45, 2.75) is 25.1 Å². The number of hydrogen-bond acceptors (Lipinski definition) is 4. The fourth-order valence-electron chi connectivity index (χ4n) is 1.33. The third-order valence-corrected chi connectivity index (χ3v) is 3.87. The smallest absolute Gasteiger partial charge is 0.321 e. The van der Waals surface area contributed by atoms with Gasteiger partial charge in [0.2, 0.25) is 0 Å². The van der Waals surface area contributed by atoms with Crippen LogP contribution < -0.4 is 5.73 Å². The van der Waals surface area contributed by atoms with Crippen molar-refractivity contribution in [2.24, 2.45) is 12.8 Å². The van der Waals surface area contributed by atoms with Gasteiger partial charge in [0.1, 0.15) is 6.04 Å². The summed E-state index contributed by atoms with van der Waals surface area (Å²) in [5.74, 6) is -0.00965. The third kappa shape index (κ3) is 3.62. The van der Waals surface area contributed by atoms with Crippen molar-refractivity contribution < 1.29 is 9.90 Å². The largest absolute Gasteiger partial charge is 0.480 e. The Morgan fingerprint density at radius 2 is 2.35 bits per heavy atom. The summed E-state index contributed by atoms with van der Waals surface area (Å²) in [4.78, 5) is 10.5. The van der Waals surface area contributed by atoms with E-state index < -0.39 is 12.0 Å². The zero-order valence-electron chi connectivity index (χ0n) is 9.81. The van der Waals surface area contributed by atoms with E-state index in [1.807, 2.05) is 14.0 Å². The minimum atomic E-state index is -0.983. The van der Waals surface area contributed by atoms with Gasteiger partial charge in [0.15, 0.2) is 0 Å². The monoisotopic (exact) mass is 277 g/mol. The van der Waals surface area contributed by atoms with Crippen LogP contribution in [0.4, 0.5) is 0 Å². The van der Waals surface area contributed by atoms with E-state index in [9.17, 15) is 4.79 Å². The SMILES string of the molecule is CCc1nn(C)c(CSC[C@@H](N)C(=O)O)c1Cl. The molecule has 0 aliphatic carbocycles. The molecule has 0 saturated heterocycles. The standard InChI is InChI=1S/C10H16ClN3O2S/c1-3-7-9(11)8(14(2)13-7)5-17-4-6(12)10(15)16/h6H,3-5,12H2,1-2H3,(H,15,16)/t6-/m1/s1. The summed E-state index contributed by atoms with van der Waals surface area (Å²) in [5.41, 5.74) is 7.19. The van der Waals surface area contributed by atoms with Gasteiger partial charge in [-0.05, 0) is 6.42 Å². The fraction of sp³-hybridized carbons (Fsp3) is 0.600. The first-order chi connectivity index (χ1) is 7.97. The van der Waals surface area contributed by atoms with Crippen LogP contribution in [0.15, 0.2) is 0 Å². The van der Waals surface area contributed by atoms with E-state index in [0.717, 1.165) is 17.8 Å². The predicted molar refractivity (Wildman–Crippen MR) is 69.4 cm³/mol. The van der Waals surface area contributed by atoms with E-state index in [0.29, 0.717) is 16.5 Å². The normalized spacial score (nSPS) is 12.7. The molecule has 7 heteroatoms. The number of carboxylic acid groups (broad SMARTS) is 1. The van der Waals surface area contributed by atoms with Crippen molar-refractivity contribution >= 4 is 29.3 Å². The van der Waals surface area contributed by atoms with E-state index in [-0.39, 0.29) is 0 Å². The number of rotatable bonds is 6. The van der Waals surface area contributed by atoms with Crippen LogP contribution in [0.5, 0.6) is 0 Å². The van der Waals surface area contributed by atoms with Crippen LogP contribution in [-0.4, -0.2) is 32.7 Å². The van der Waals surface area contributed by atoms with E-state index in [4.69, 9.17) is 22.4 Å². The molecule has 5 nitrogen and oxygen atoms in total. The summed E-state index contributed by atoms with van der Waals surface area (Å²) in [6.07, 6.45) is 0.784. The average molecular weight is 278 g/mol. The van der Waals surface area contributed by atoms with Crippen molar-refractivity contribution in [3.8, 4) is 0 Å². The maximum atomic E-state index is 10.5. The lowest BCUT2D eigenvalue weighted by molar-refractivity contribution is -0.137. The van der Waals surface area contributed by atoms with E-state index >= 15 is 0 Å². The molecular weight excluding hydrogens is 262 g/mol. The zero-order chi connectivity index (χ0) is 13.0.